The third kappa shape index (κ3) is 25.1. The number of halogens is 3. The fraction of sp³-hybridized carbons (Fsp3) is 0.960. The van der Waals surface area contributed by atoms with Gasteiger partial charge in [0.25, 0.3) is 0 Å². The number of nitrogens with two attached hydrogens (primary N) is 3. The molecule has 0 saturated heterocycles. The molecule has 0 spiro atoms. The Hall–Kier alpha value is 0.220. The van der Waals surface area contributed by atoms with Crippen LogP contribution in [0.3, 0.4) is 0 Å². The van der Waals surface area contributed by atoms with Crippen molar-refractivity contribution in [3.05, 3.63) is 0 Å². The van der Waals surface area contributed by atoms with Crippen molar-refractivity contribution >= 4 is 43.1 Å². The molecule has 0 radical (unpaired) electrons. The molecule has 0 atom stereocenters. The number of carbonyl (C=O) groups is 1. The molecule has 0 fully saturated rings. The standard InChI is InChI=1S/C25H54N4O.3ClH/c1-2-3-4-5-6-7-8-9-10-11-12-13-17-24(30)29-25(18-14-21-26,19-15-22-27)20-16-23-28;;;/h2-23,26-28H2,1H3,(H,29,30);3*1H. The second-order valence-corrected chi connectivity index (χ2v) is 9.14. The maximum atomic E-state index is 12.6. The second kappa shape index (κ2) is 30.3. The summed E-state index contributed by atoms with van der Waals surface area (Å²) in [4.78, 5) is 12.6. The first-order chi connectivity index (χ1) is 14.6. The molecule has 0 bridgehead atoms. The highest BCUT2D eigenvalue weighted by Crippen LogP contribution is 2.25. The summed E-state index contributed by atoms with van der Waals surface area (Å²) in [5.74, 6) is 0.188. The van der Waals surface area contributed by atoms with E-state index in [1.54, 1.807) is 0 Å². The predicted octanol–water partition coefficient (Wildman–Crippen LogP) is 6.41. The van der Waals surface area contributed by atoms with E-state index in [1.165, 1.54) is 64.2 Å². The number of rotatable bonds is 23. The van der Waals surface area contributed by atoms with Crippen molar-refractivity contribution < 1.29 is 4.79 Å². The molecule has 0 aromatic carbocycles. The highest BCUT2D eigenvalue weighted by atomic mass is 35.5. The fourth-order valence-corrected chi connectivity index (χ4v) is 4.37. The summed E-state index contributed by atoms with van der Waals surface area (Å²) in [6, 6.07) is 0. The highest BCUT2D eigenvalue weighted by Gasteiger charge is 2.29. The van der Waals surface area contributed by atoms with E-state index >= 15 is 0 Å². The van der Waals surface area contributed by atoms with Crippen LogP contribution in [0.5, 0.6) is 0 Å². The van der Waals surface area contributed by atoms with E-state index in [4.69, 9.17) is 17.2 Å². The first-order valence-electron chi connectivity index (χ1n) is 13.1. The normalized spacial score (nSPS) is 10.7. The molecule has 0 rings (SSSR count). The molecular weight excluding hydrogens is 479 g/mol. The molecule has 0 aromatic rings. The molecule has 0 aliphatic heterocycles. The fourth-order valence-electron chi connectivity index (χ4n) is 4.37. The topological polar surface area (TPSA) is 107 Å². The molecule has 204 valence electrons. The van der Waals surface area contributed by atoms with Crippen molar-refractivity contribution in [1.82, 2.24) is 5.32 Å². The molecule has 0 saturated carbocycles. The third-order valence-electron chi connectivity index (χ3n) is 6.24. The molecule has 0 aliphatic carbocycles. The predicted molar refractivity (Wildman–Crippen MR) is 153 cm³/mol. The average molecular weight is 536 g/mol. The van der Waals surface area contributed by atoms with Crippen LogP contribution in [0.2, 0.25) is 0 Å². The van der Waals surface area contributed by atoms with Crippen molar-refractivity contribution in [2.45, 2.75) is 134 Å². The summed E-state index contributed by atoms with van der Waals surface area (Å²) in [6.45, 7) is 4.23. The van der Waals surface area contributed by atoms with Gasteiger partial charge >= 0.3 is 0 Å². The Bertz CT molecular complexity index is 369. The zero-order valence-corrected chi connectivity index (χ0v) is 23.9. The van der Waals surface area contributed by atoms with Gasteiger partial charge in [-0.1, -0.05) is 77.6 Å². The number of nitrogens with one attached hydrogen (secondary N) is 1. The maximum absolute atomic E-state index is 12.6. The molecule has 0 aromatic heterocycles. The summed E-state index contributed by atoms with van der Waals surface area (Å²) in [5.41, 5.74) is 17.1. The maximum Gasteiger partial charge on any atom is 0.220 e. The lowest BCUT2D eigenvalue weighted by molar-refractivity contribution is -0.123. The Morgan fingerprint density at radius 3 is 1.24 bits per heavy atom. The molecule has 33 heavy (non-hydrogen) atoms. The molecule has 5 nitrogen and oxygen atoms in total. The van der Waals surface area contributed by atoms with Crippen LogP contribution in [-0.2, 0) is 4.79 Å². The monoisotopic (exact) mass is 534 g/mol. The minimum absolute atomic E-state index is 0. The lowest BCUT2D eigenvalue weighted by Gasteiger charge is -2.35. The van der Waals surface area contributed by atoms with Crippen LogP contribution in [-0.4, -0.2) is 31.1 Å². The Morgan fingerprint density at radius 1 is 0.576 bits per heavy atom. The van der Waals surface area contributed by atoms with Crippen LogP contribution in [0.25, 0.3) is 0 Å². The minimum Gasteiger partial charge on any atom is -0.351 e. The lowest BCUT2D eigenvalue weighted by atomic mass is 9.83. The molecule has 7 N–H and O–H groups in total. The van der Waals surface area contributed by atoms with E-state index in [-0.39, 0.29) is 48.7 Å². The van der Waals surface area contributed by atoms with Gasteiger partial charge in [0.15, 0.2) is 0 Å². The van der Waals surface area contributed by atoms with Gasteiger partial charge in [0, 0.05) is 12.0 Å². The Morgan fingerprint density at radius 2 is 0.909 bits per heavy atom. The van der Waals surface area contributed by atoms with Gasteiger partial charge in [0.05, 0.1) is 0 Å². The SMILES string of the molecule is CCCCCCCCCCCCCCC(=O)NC(CCCN)(CCCN)CCCN.Cl.Cl.Cl. The van der Waals surface area contributed by atoms with E-state index in [0.717, 1.165) is 51.4 Å². The van der Waals surface area contributed by atoms with Gasteiger partial charge in [-0.2, -0.15) is 0 Å². The van der Waals surface area contributed by atoms with E-state index in [1.807, 2.05) is 0 Å². The molecule has 0 aliphatic rings. The number of hydrogen-bond acceptors (Lipinski definition) is 4. The first kappa shape index (κ1) is 40.4. The summed E-state index contributed by atoms with van der Waals surface area (Å²) >= 11 is 0. The van der Waals surface area contributed by atoms with Gasteiger partial charge in [0.2, 0.25) is 5.91 Å². The smallest absolute Gasteiger partial charge is 0.220 e. The second-order valence-electron chi connectivity index (χ2n) is 9.14. The molecule has 8 heteroatoms. The van der Waals surface area contributed by atoms with Gasteiger partial charge in [-0.3, -0.25) is 4.79 Å². The number of unbranched alkanes of at least 4 members (excludes halogenated alkanes) is 11. The van der Waals surface area contributed by atoms with Crippen molar-refractivity contribution in [2.24, 2.45) is 17.2 Å². The quantitative estimate of drug-likeness (QED) is 0.113. The number of carbonyl (C=O) groups excluding carboxylic acids is 1. The molecule has 1 amide bonds. The van der Waals surface area contributed by atoms with Crippen LogP contribution in [0, 0.1) is 0 Å². The first-order valence-corrected chi connectivity index (χ1v) is 13.1. The van der Waals surface area contributed by atoms with Crippen molar-refractivity contribution in [3.8, 4) is 0 Å². The Balaban J connectivity index is -0.00000140. The number of amides is 1. The van der Waals surface area contributed by atoms with Gasteiger partial charge in [0.1, 0.15) is 0 Å². The van der Waals surface area contributed by atoms with Crippen LogP contribution >= 0.6 is 37.2 Å². The largest absolute Gasteiger partial charge is 0.351 e. The van der Waals surface area contributed by atoms with Gasteiger partial charge in [-0.15, -0.1) is 37.2 Å². The van der Waals surface area contributed by atoms with Gasteiger partial charge < -0.3 is 22.5 Å². The summed E-state index contributed by atoms with van der Waals surface area (Å²) < 4.78 is 0. The Labute approximate surface area is 224 Å². The van der Waals surface area contributed by atoms with E-state index in [0.29, 0.717) is 26.1 Å². The van der Waals surface area contributed by atoms with Crippen LogP contribution in [0.1, 0.15) is 129 Å². The van der Waals surface area contributed by atoms with Crippen LogP contribution in [0.4, 0.5) is 0 Å². The van der Waals surface area contributed by atoms with Gasteiger partial charge in [-0.25, -0.2) is 0 Å². The third-order valence-corrected chi connectivity index (χ3v) is 6.24. The van der Waals surface area contributed by atoms with Crippen molar-refractivity contribution in [1.29, 1.82) is 0 Å². The molecule has 0 unspecified atom stereocenters. The van der Waals surface area contributed by atoms with Crippen molar-refractivity contribution in [2.75, 3.05) is 19.6 Å². The van der Waals surface area contributed by atoms with E-state index in [9.17, 15) is 4.79 Å². The van der Waals surface area contributed by atoms with Crippen LogP contribution < -0.4 is 22.5 Å². The minimum atomic E-state index is -0.174. The van der Waals surface area contributed by atoms with E-state index < -0.39 is 0 Å². The number of hydrogen-bond donors (Lipinski definition) is 4. The summed E-state index contributed by atoms with van der Waals surface area (Å²) in [6.07, 6.45) is 21.9. The van der Waals surface area contributed by atoms with Crippen molar-refractivity contribution in [3.63, 3.8) is 0 Å². The highest BCUT2D eigenvalue weighted by molar-refractivity contribution is 5.86. The zero-order valence-electron chi connectivity index (χ0n) is 21.4. The average Bonchev–Trinajstić information content (AvgIpc) is 2.75. The lowest BCUT2D eigenvalue weighted by Crippen LogP contribution is -2.49. The summed E-state index contributed by atoms with van der Waals surface area (Å²) in [7, 11) is 0. The van der Waals surface area contributed by atoms with Crippen LogP contribution in [0.15, 0.2) is 0 Å². The molecular formula is C25H57Cl3N4O. The zero-order chi connectivity index (χ0) is 22.3. The summed E-state index contributed by atoms with van der Waals surface area (Å²) in [5, 5.41) is 3.37. The van der Waals surface area contributed by atoms with E-state index in [2.05, 4.69) is 12.2 Å². The molecule has 0 heterocycles. The van der Waals surface area contributed by atoms with Gasteiger partial charge in [-0.05, 0) is 64.6 Å². The Kier molecular flexibility index (Phi) is 37.0.